The molecular formula is C21H28N2O3S. The predicted octanol–water partition coefficient (Wildman–Crippen LogP) is 2.96. The van der Waals surface area contributed by atoms with Crippen LogP contribution in [-0.2, 0) is 10.0 Å². The van der Waals surface area contributed by atoms with Crippen LogP contribution >= 0.6 is 0 Å². The van der Waals surface area contributed by atoms with Crippen LogP contribution in [0.4, 0.5) is 5.69 Å². The van der Waals surface area contributed by atoms with E-state index in [0.717, 1.165) is 37.1 Å². The Morgan fingerprint density at radius 3 is 2.04 bits per heavy atom. The van der Waals surface area contributed by atoms with Crippen molar-refractivity contribution in [2.45, 2.75) is 37.7 Å². The summed E-state index contributed by atoms with van der Waals surface area (Å²) in [5.41, 5.74) is 2.63. The van der Waals surface area contributed by atoms with Crippen LogP contribution in [0.1, 0.15) is 24.0 Å². The Morgan fingerprint density at radius 2 is 1.48 bits per heavy atom. The van der Waals surface area contributed by atoms with Crippen molar-refractivity contribution in [3.63, 3.8) is 0 Å². The van der Waals surface area contributed by atoms with Crippen molar-refractivity contribution in [3.05, 3.63) is 59.7 Å². The molecule has 1 atom stereocenters. The standard InChI is InChI=1S/C21H28N2O3S/c1-17-5-9-19(10-6-17)23(16-20(24)15-22-13-3-4-14-22)27(25,26)21-11-7-18(2)8-12-21/h5-12,20,24H,3-4,13-16H2,1-2H3/t20-/m1/s1. The van der Waals surface area contributed by atoms with Gasteiger partial charge < -0.3 is 10.0 Å². The molecule has 1 aliphatic heterocycles. The largest absolute Gasteiger partial charge is 0.390 e. The highest BCUT2D eigenvalue weighted by Crippen LogP contribution is 2.25. The summed E-state index contributed by atoms with van der Waals surface area (Å²) in [5, 5.41) is 10.6. The molecule has 0 aromatic heterocycles. The lowest BCUT2D eigenvalue weighted by Gasteiger charge is -2.28. The van der Waals surface area contributed by atoms with E-state index < -0.39 is 16.1 Å². The van der Waals surface area contributed by atoms with Crippen LogP contribution in [0.25, 0.3) is 0 Å². The van der Waals surface area contributed by atoms with Gasteiger partial charge in [0.15, 0.2) is 0 Å². The maximum atomic E-state index is 13.3. The van der Waals surface area contributed by atoms with Crippen molar-refractivity contribution in [3.8, 4) is 0 Å². The molecular weight excluding hydrogens is 360 g/mol. The quantitative estimate of drug-likeness (QED) is 0.792. The van der Waals surface area contributed by atoms with Crippen molar-refractivity contribution in [2.24, 2.45) is 0 Å². The summed E-state index contributed by atoms with van der Waals surface area (Å²) in [7, 11) is -3.76. The van der Waals surface area contributed by atoms with Gasteiger partial charge in [-0.05, 0) is 64.0 Å². The van der Waals surface area contributed by atoms with Gasteiger partial charge in [0.1, 0.15) is 0 Å². The van der Waals surface area contributed by atoms with E-state index in [1.54, 1.807) is 36.4 Å². The molecule has 0 amide bonds. The summed E-state index contributed by atoms with van der Waals surface area (Å²) in [6, 6.07) is 14.2. The fourth-order valence-electron chi connectivity index (χ4n) is 3.40. The van der Waals surface area contributed by atoms with Crippen molar-refractivity contribution in [1.82, 2.24) is 4.90 Å². The minimum absolute atomic E-state index is 0.0375. The fraction of sp³-hybridized carbons (Fsp3) is 0.429. The number of rotatable bonds is 7. The molecule has 146 valence electrons. The summed E-state index contributed by atoms with van der Waals surface area (Å²) >= 11 is 0. The van der Waals surface area contributed by atoms with Crippen molar-refractivity contribution in [1.29, 1.82) is 0 Å². The second-order valence-electron chi connectivity index (χ2n) is 7.35. The Kier molecular flexibility index (Phi) is 6.19. The van der Waals surface area contributed by atoms with Gasteiger partial charge in [-0.2, -0.15) is 0 Å². The Hall–Kier alpha value is -1.89. The van der Waals surface area contributed by atoms with E-state index in [9.17, 15) is 13.5 Å². The first-order chi connectivity index (χ1) is 12.9. The monoisotopic (exact) mass is 388 g/mol. The van der Waals surface area contributed by atoms with Crippen LogP contribution in [0.15, 0.2) is 53.4 Å². The Bertz CT molecular complexity index is 842. The van der Waals surface area contributed by atoms with Gasteiger partial charge in [0.05, 0.1) is 23.2 Å². The average molecular weight is 389 g/mol. The second kappa shape index (κ2) is 8.42. The van der Waals surface area contributed by atoms with Crippen molar-refractivity contribution in [2.75, 3.05) is 30.5 Å². The number of likely N-dealkylation sites (tertiary alicyclic amines) is 1. The number of anilines is 1. The molecule has 0 aliphatic carbocycles. The maximum absolute atomic E-state index is 13.3. The van der Waals surface area contributed by atoms with Crippen LogP contribution in [-0.4, -0.2) is 50.7 Å². The second-order valence-corrected chi connectivity index (χ2v) is 9.21. The van der Waals surface area contributed by atoms with Crippen LogP contribution in [0, 0.1) is 13.8 Å². The highest BCUT2D eigenvalue weighted by Gasteiger charge is 2.28. The van der Waals surface area contributed by atoms with Crippen LogP contribution in [0.5, 0.6) is 0 Å². The summed E-state index contributed by atoms with van der Waals surface area (Å²) in [6.45, 7) is 6.35. The Labute approximate surface area is 162 Å². The summed E-state index contributed by atoms with van der Waals surface area (Å²) < 4.78 is 27.9. The van der Waals surface area contributed by atoms with E-state index in [0.29, 0.717) is 12.2 Å². The molecule has 0 saturated carbocycles. The molecule has 0 unspecified atom stereocenters. The first-order valence-corrected chi connectivity index (χ1v) is 10.9. The summed E-state index contributed by atoms with van der Waals surface area (Å²) in [5.74, 6) is 0. The predicted molar refractivity (Wildman–Crippen MR) is 109 cm³/mol. The summed E-state index contributed by atoms with van der Waals surface area (Å²) in [4.78, 5) is 2.43. The third-order valence-electron chi connectivity index (χ3n) is 4.98. The number of β-amino-alcohol motifs (C(OH)–C–C–N with tert-alkyl or cyclic N) is 1. The van der Waals surface area contributed by atoms with E-state index >= 15 is 0 Å². The van der Waals surface area contributed by atoms with E-state index in [-0.39, 0.29) is 11.4 Å². The van der Waals surface area contributed by atoms with E-state index in [4.69, 9.17) is 0 Å². The summed E-state index contributed by atoms with van der Waals surface area (Å²) in [6.07, 6.45) is 1.52. The zero-order valence-corrected chi connectivity index (χ0v) is 16.8. The number of aliphatic hydroxyl groups excluding tert-OH is 1. The lowest BCUT2D eigenvalue weighted by atomic mass is 10.2. The highest BCUT2D eigenvalue weighted by molar-refractivity contribution is 7.92. The highest BCUT2D eigenvalue weighted by atomic mass is 32.2. The first kappa shape index (κ1) is 19.9. The fourth-order valence-corrected chi connectivity index (χ4v) is 4.91. The third-order valence-corrected chi connectivity index (χ3v) is 6.78. The van der Waals surface area contributed by atoms with E-state index in [2.05, 4.69) is 4.90 Å². The van der Waals surface area contributed by atoms with Crippen molar-refractivity contribution >= 4 is 15.7 Å². The molecule has 0 bridgehead atoms. The first-order valence-electron chi connectivity index (χ1n) is 9.43. The van der Waals surface area contributed by atoms with E-state index in [1.165, 1.54) is 4.31 Å². The number of benzene rings is 2. The molecule has 2 aromatic rings. The minimum Gasteiger partial charge on any atom is -0.390 e. The average Bonchev–Trinajstić information content (AvgIpc) is 3.14. The van der Waals surface area contributed by atoms with Gasteiger partial charge in [-0.1, -0.05) is 35.4 Å². The molecule has 5 nitrogen and oxygen atoms in total. The topological polar surface area (TPSA) is 60.9 Å². The molecule has 1 heterocycles. The van der Waals surface area contributed by atoms with Gasteiger partial charge in [0, 0.05) is 6.54 Å². The third kappa shape index (κ3) is 4.89. The van der Waals surface area contributed by atoms with Crippen LogP contribution in [0.2, 0.25) is 0 Å². The molecule has 0 spiro atoms. The SMILES string of the molecule is Cc1ccc(N(C[C@H](O)CN2CCCC2)S(=O)(=O)c2ccc(C)cc2)cc1. The number of aryl methyl sites for hydroxylation is 2. The number of hydrogen-bond acceptors (Lipinski definition) is 4. The lowest BCUT2D eigenvalue weighted by Crippen LogP contribution is -2.42. The molecule has 6 heteroatoms. The molecule has 1 saturated heterocycles. The number of nitrogens with zero attached hydrogens (tertiary/aromatic N) is 2. The number of aliphatic hydroxyl groups is 1. The van der Waals surface area contributed by atoms with Gasteiger partial charge in [0.25, 0.3) is 10.0 Å². The zero-order valence-electron chi connectivity index (χ0n) is 16.0. The normalized spacial score (nSPS) is 16.4. The smallest absolute Gasteiger partial charge is 0.264 e. The number of sulfonamides is 1. The van der Waals surface area contributed by atoms with Gasteiger partial charge in [-0.25, -0.2) is 8.42 Å². The Morgan fingerprint density at radius 1 is 0.963 bits per heavy atom. The van der Waals surface area contributed by atoms with Crippen LogP contribution in [0.3, 0.4) is 0 Å². The molecule has 1 N–H and O–H groups in total. The van der Waals surface area contributed by atoms with Crippen molar-refractivity contribution < 1.29 is 13.5 Å². The lowest BCUT2D eigenvalue weighted by molar-refractivity contribution is 0.132. The molecule has 27 heavy (non-hydrogen) atoms. The molecule has 2 aromatic carbocycles. The Balaban J connectivity index is 1.88. The molecule has 3 rings (SSSR count). The van der Waals surface area contributed by atoms with Gasteiger partial charge in [-0.3, -0.25) is 4.31 Å². The molecule has 1 aliphatic rings. The van der Waals surface area contributed by atoms with Gasteiger partial charge in [-0.15, -0.1) is 0 Å². The number of hydrogen-bond donors (Lipinski definition) is 1. The van der Waals surface area contributed by atoms with E-state index in [1.807, 2.05) is 26.0 Å². The van der Waals surface area contributed by atoms with Gasteiger partial charge >= 0.3 is 0 Å². The maximum Gasteiger partial charge on any atom is 0.264 e. The zero-order chi connectivity index (χ0) is 19.4. The molecule has 1 fully saturated rings. The molecule has 0 radical (unpaired) electrons. The van der Waals surface area contributed by atoms with Crippen LogP contribution < -0.4 is 4.31 Å². The van der Waals surface area contributed by atoms with Gasteiger partial charge in [0.2, 0.25) is 0 Å². The minimum atomic E-state index is -3.76.